The van der Waals surface area contributed by atoms with Crippen LogP contribution in [-0.2, 0) is 4.79 Å². The molecule has 0 saturated heterocycles. The zero-order valence-corrected chi connectivity index (χ0v) is 18.3. The average molecular weight is 435 g/mol. The number of ether oxygens (including phenoxy) is 2. The fraction of sp³-hybridized carbons (Fsp3) is 0.462. The number of fused-ring (bicyclic) bond motifs is 1. The molecule has 2 aromatic rings. The minimum Gasteiger partial charge on any atom is -0.486 e. The Kier molecular flexibility index (Phi) is 6.02. The van der Waals surface area contributed by atoms with Gasteiger partial charge < -0.3 is 20.1 Å². The van der Waals surface area contributed by atoms with Crippen LogP contribution < -0.4 is 20.1 Å². The van der Waals surface area contributed by atoms with Gasteiger partial charge in [-0.15, -0.1) is 0 Å². The molecule has 6 nitrogen and oxygen atoms in total. The van der Waals surface area contributed by atoms with E-state index in [1.807, 2.05) is 30.3 Å². The van der Waals surface area contributed by atoms with Crippen molar-refractivity contribution in [2.45, 2.75) is 51.0 Å². The highest BCUT2D eigenvalue weighted by molar-refractivity contribution is 5.98. The predicted molar refractivity (Wildman–Crippen MR) is 122 cm³/mol. The average Bonchev–Trinajstić information content (AvgIpc) is 3.68. The SMILES string of the molecule is O=C(NC(c1ccc2c(c1)OCCO2)C1CC1)c1cccc(NC(=O)C2CCCCC2)c1. The summed E-state index contributed by atoms with van der Waals surface area (Å²) >= 11 is 0. The van der Waals surface area contributed by atoms with Crippen molar-refractivity contribution in [1.82, 2.24) is 5.32 Å². The molecule has 0 spiro atoms. The second kappa shape index (κ2) is 9.23. The van der Waals surface area contributed by atoms with E-state index in [1.54, 1.807) is 12.1 Å². The quantitative estimate of drug-likeness (QED) is 0.681. The van der Waals surface area contributed by atoms with Crippen LogP contribution in [0.25, 0.3) is 0 Å². The first kappa shape index (κ1) is 20.9. The van der Waals surface area contributed by atoms with Gasteiger partial charge in [-0.25, -0.2) is 0 Å². The number of hydrogen-bond acceptors (Lipinski definition) is 4. The van der Waals surface area contributed by atoms with E-state index in [0.29, 0.717) is 30.4 Å². The van der Waals surface area contributed by atoms with Gasteiger partial charge in [-0.2, -0.15) is 0 Å². The van der Waals surface area contributed by atoms with Crippen molar-refractivity contribution in [3.05, 3.63) is 53.6 Å². The smallest absolute Gasteiger partial charge is 0.251 e. The molecule has 2 fully saturated rings. The van der Waals surface area contributed by atoms with Crippen LogP contribution in [0.3, 0.4) is 0 Å². The maximum absolute atomic E-state index is 13.1. The van der Waals surface area contributed by atoms with E-state index in [4.69, 9.17) is 9.47 Å². The first-order valence-corrected chi connectivity index (χ1v) is 11.8. The van der Waals surface area contributed by atoms with Gasteiger partial charge in [0.1, 0.15) is 13.2 Å². The largest absolute Gasteiger partial charge is 0.486 e. The van der Waals surface area contributed by atoms with Gasteiger partial charge in [0.2, 0.25) is 5.91 Å². The van der Waals surface area contributed by atoms with Crippen molar-refractivity contribution in [2.24, 2.45) is 11.8 Å². The lowest BCUT2D eigenvalue weighted by Gasteiger charge is -2.23. The summed E-state index contributed by atoms with van der Waals surface area (Å²) in [6.45, 7) is 1.10. The summed E-state index contributed by atoms with van der Waals surface area (Å²) in [7, 11) is 0. The van der Waals surface area contributed by atoms with Gasteiger partial charge in [0.15, 0.2) is 11.5 Å². The lowest BCUT2D eigenvalue weighted by molar-refractivity contribution is -0.120. The maximum Gasteiger partial charge on any atom is 0.251 e. The van der Waals surface area contributed by atoms with Crippen molar-refractivity contribution in [3.8, 4) is 11.5 Å². The summed E-state index contributed by atoms with van der Waals surface area (Å²) < 4.78 is 11.4. The summed E-state index contributed by atoms with van der Waals surface area (Å²) in [5.74, 6) is 1.93. The molecule has 1 unspecified atom stereocenters. The Morgan fingerprint density at radius 3 is 2.44 bits per heavy atom. The molecule has 2 saturated carbocycles. The molecule has 0 radical (unpaired) electrons. The Hall–Kier alpha value is -3.02. The number of carbonyl (C=O) groups is 2. The number of anilines is 1. The van der Waals surface area contributed by atoms with Crippen LogP contribution >= 0.6 is 0 Å². The van der Waals surface area contributed by atoms with Crippen molar-refractivity contribution < 1.29 is 19.1 Å². The van der Waals surface area contributed by atoms with E-state index in [-0.39, 0.29) is 23.8 Å². The Labute approximate surface area is 188 Å². The van der Waals surface area contributed by atoms with Crippen LogP contribution in [0.2, 0.25) is 0 Å². The first-order chi connectivity index (χ1) is 15.7. The third-order valence-electron chi connectivity index (χ3n) is 6.67. The van der Waals surface area contributed by atoms with E-state index >= 15 is 0 Å². The van der Waals surface area contributed by atoms with Gasteiger partial charge in [0, 0.05) is 17.2 Å². The van der Waals surface area contributed by atoms with Gasteiger partial charge in [0.25, 0.3) is 5.91 Å². The molecule has 1 heterocycles. The summed E-state index contributed by atoms with van der Waals surface area (Å²) in [6.07, 6.45) is 7.53. The van der Waals surface area contributed by atoms with Crippen LogP contribution in [0, 0.1) is 11.8 Å². The standard InChI is InChI=1S/C26H30N2O4/c29-25(18-5-2-1-3-6-18)27-21-8-4-7-20(15-21)26(30)28-24(17-9-10-17)19-11-12-22-23(16-19)32-14-13-31-22/h4,7-8,11-12,15-18,24H,1-3,5-6,9-10,13-14H2,(H,27,29)(H,28,30). The minimum absolute atomic E-state index is 0.0643. The number of amides is 2. The molecule has 2 aliphatic carbocycles. The molecular weight excluding hydrogens is 404 g/mol. The number of rotatable bonds is 6. The van der Waals surface area contributed by atoms with Gasteiger partial charge in [-0.1, -0.05) is 31.4 Å². The third-order valence-corrected chi connectivity index (χ3v) is 6.67. The molecule has 2 amide bonds. The Balaban J connectivity index is 1.28. The highest BCUT2D eigenvalue weighted by Crippen LogP contribution is 2.43. The van der Waals surface area contributed by atoms with E-state index in [0.717, 1.165) is 55.6 Å². The van der Waals surface area contributed by atoms with Crippen molar-refractivity contribution in [3.63, 3.8) is 0 Å². The van der Waals surface area contributed by atoms with Crippen LogP contribution in [0.5, 0.6) is 11.5 Å². The van der Waals surface area contributed by atoms with Crippen molar-refractivity contribution in [1.29, 1.82) is 0 Å². The van der Waals surface area contributed by atoms with Crippen LogP contribution in [0.1, 0.15) is 66.9 Å². The molecule has 1 atom stereocenters. The summed E-state index contributed by atoms with van der Waals surface area (Å²) in [5.41, 5.74) is 2.26. The molecule has 2 aromatic carbocycles. The lowest BCUT2D eigenvalue weighted by atomic mass is 9.88. The molecule has 6 heteroatoms. The summed E-state index contributed by atoms with van der Waals surface area (Å²) in [5, 5.41) is 6.23. The molecule has 0 bridgehead atoms. The number of benzene rings is 2. The lowest BCUT2D eigenvalue weighted by Crippen LogP contribution is -2.30. The molecular formula is C26H30N2O4. The van der Waals surface area contributed by atoms with Crippen molar-refractivity contribution >= 4 is 17.5 Å². The zero-order chi connectivity index (χ0) is 21.9. The monoisotopic (exact) mass is 434 g/mol. The summed E-state index contributed by atoms with van der Waals surface area (Å²) in [4.78, 5) is 25.7. The molecule has 168 valence electrons. The molecule has 0 aromatic heterocycles. The van der Waals surface area contributed by atoms with Gasteiger partial charge in [-0.3, -0.25) is 9.59 Å². The number of hydrogen-bond donors (Lipinski definition) is 2. The third kappa shape index (κ3) is 4.74. The van der Waals surface area contributed by atoms with E-state index in [2.05, 4.69) is 10.6 Å². The molecule has 5 rings (SSSR count). The zero-order valence-electron chi connectivity index (χ0n) is 18.3. The topological polar surface area (TPSA) is 76.7 Å². The van der Waals surface area contributed by atoms with Gasteiger partial charge in [-0.05, 0) is 67.5 Å². The van der Waals surface area contributed by atoms with Gasteiger partial charge in [0.05, 0.1) is 6.04 Å². The minimum atomic E-state index is -0.134. The number of nitrogens with one attached hydrogen (secondary N) is 2. The normalized spacial score (nSPS) is 19.1. The maximum atomic E-state index is 13.1. The Morgan fingerprint density at radius 1 is 0.875 bits per heavy atom. The molecule has 1 aliphatic heterocycles. The molecule has 3 aliphatic rings. The van der Waals surface area contributed by atoms with Crippen LogP contribution in [0.4, 0.5) is 5.69 Å². The summed E-state index contributed by atoms with van der Waals surface area (Å²) in [6, 6.07) is 13.1. The Bertz CT molecular complexity index is 995. The van der Waals surface area contributed by atoms with E-state index in [9.17, 15) is 9.59 Å². The Morgan fingerprint density at radius 2 is 1.66 bits per heavy atom. The fourth-order valence-corrected chi connectivity index (χ4v) is 4.73. The van der Waals surface area contributed by atoms with Crippen molar-refractivity contribution in [2.75, 3.05) is 18.5 Å². The predicted octanol–water partition coefficient (Wildman–Crippen LogP) is 4.86. The fourth-order valence-electron chi connectivity index (χ4n) is 4.73. The first-order valence-electron chi connectivity index (χ1n) is 11.8. The molecule has 2 N–H and O–H groups in total. The van der Waals surface area contributed by atoms with E-state index in [1.165, 1.54) is 6.42 Å². The van der Waals surface area contributed by atoms with Crippen LogP contribution in [-0.4, -0.2) is 25.0 Å². The number of carbonyl (C=O) groups excluding carboxylic acids is 2. The highest BCUT2D eigenvalue weighted by Gasteiger charge is 2.34. The van der Waals surface area contributed by atoms with E-state index < -0.39 is 0 Å². The highest BCUT2D eigenvalue weighted by atomic mass is 16.6. The molecule has 32 heavy (non-hydrogen) atoms. The van der Waals surface area contributed by atoms with Crippen LogP contribution in [0.15, 0.2) is 42.5 Å². The second-order valence-corrected chi connectivity index (χ2v) is 9.10. The van der Waals surface area contributed by atoms with Gasteiger partial charge >= 0.3 is 0 Å². The second-order valence-electron chi connectivity index (χ2n) is 9.10.